The van der Waals surface area contributed by atoms with Crippen LogP contribution in [0.25, 0.3) is 0 Å². The first-order valence-electron chi connectivity index (χ1n) is 6.08. The lowest BCUT2D eigenvalue weighted by molar-refractivity contribution is -0.270. The Morgan fingerprint density at radius 3 is 2.63 bits per heavy atom. The van der Waals surface area contributed by atoms with Crippen LogP contribution in [0.1, 0.15) is 13.3 Å². The Labute approximate surface area is 116 Å². The Balaban J connectivity index is 2.71. The van der Waals surface area contributed by atoms with E-state index in [9.17, 15) is 15.0 Å². The second-order valence-electron chi connectivity index (χ2n) is 4.35. The van der Waals surface area contributed by atoms with E-state index in [4.69, 9.17) is 26.2 Å². The van der Waals surface area contributed by atoms with Crippen molar-refractivity contribution >= 4 is 17.5 Å². The van der Waals surface area contributed by atoms with Gasteiger partial charge >= 0.3 is 0 Å². The first kappa shape index (κ1) is 16.6. The number of alkyl halides is 1. The molecule has 8 heteroatoms. The molecule has 0 aromatic rings. The lowest BCUT2D eigenvalue weighted by atomic mass is 9.97. The number of aliphatic hydroxyl groups excluding tert-OH is 3. The average Bonchev–Trinajstić information content (AvgIpc) is 2.37. The molecule has 112 valence electrons. The van der Waals surface area contributed by atoms with E-state index in [1.165, 1.54) is 6.92 Å². The topological polar surface area (TPSA) is 108 Å². The van der Waals surface area contributed by atoms with Gasteiger partial charge in [0.25, 0.3) is 0 Å². The first-order valence-corrected chi connectivity index (χ1v) is 6.61. The van der Waals surface area contributed by atoms with Gasteiger partial charge in [-0.1, -0.05) is 0 Å². The van der Waals surface area contributed by atoms with Gasteiger partial charge in [-0.2, -0.15) is 0 Å². The minimum atomic E-state index is -1.30. The molecule has 0 aromatic carbocycles. The van der Waals surface area contributed by atoms with Crippen LogP contribution in [0.4, 0.5) is 0 Å². The van der Waals surface area contributed by atoms with Crippen molar-refractivity contribution in [3.8, 4) is 0 Å². The molecule has 1 amide bonds. The van der Waals surface area contributed by atoms with Crippen LogP contribution < -0.4 is 5.32 Å². The van der Waals surface area contributed by atoms with Crippen molar-refractivity contribution in [1.29, 1.82) is 0 Å². The molecule has 0 aromatic heterocycles. The predicted octanol–water partition coefficient (Wildman–Crippen LogP) is -1.42. The minimum absolute atomic E-state index is 0.283. The number of hydrogen-bond acceptors (Lipinski definition) is 6. The van der Waals surface area contributed by atoms with Crippen molar-refractivity contribution in [2.75, 3.05) is 19.1 Å². The monoisotopic (exact) mass is 297 g/mol. The van der Waals surface area contributed by atoms with Crippen LogP contribution >= 0.6 is 11.6 Å². The molecule has 0 saturated carbocycles. The van der Waals surface area contributed by atoms with Gasteiger partial charge in [-0.05, 0) is 6.42 Å². The highest BCUT2D eigenvalue weighted by Gasteiger charge is 2.45. The van der Waals surface area contributed by atoms with E-state index in [0.717, 1.165) is 0 Å². The van der Waals surface area contributed by atoms with Crippen LogP contribution in [0.2, 0.25) is 0 Å². The predicted molar refractivity (Wildman–Crippen MR) is 66.7 cm³/mol. The molecule has 19 heavy (non-hydrogen) atoms. The zero-order chi connectivity index (χ0) is 14.4. The number of carbonyl (C=O) groups is 1. The maximum absolute atomic E-state index is 11.1. The number of halogens is 1. The van der Waals surface area contributed by atoms with Gasteiger partial charge < -0.3 is 30.1 Å². The Morgan fingerprint density at radius 1 is 1.42 bits per heavy atom. The number of amides is 1. The lowest BCUT2D eigenvalue weighted by Gasteiger charge is -2.42. The van der Waals surface area contributed by atoms with Gasteiger partial charge in [-0.3, -0.25) is 4.79 Å². The summed E-state index contributed by atoms with van der Waals surface area (Å²) in [6, 6.07) is -0.898. The van der Waals surface area contributed by atoms with Gasteiger partial charge in [0.15, 0.2) is 6.29 Å². The molecule has 0 bridgehead atoms. The Kier molecular flexibility index (Phi) is 6.98. The summed E-state index contributed by atoms with van der Waals surface area (Å²) in [5, 5.41) is 31.2. The number of ether oxygens (including phenoxy) is 2. The third-order valence-corrected chi connectivity index (χ3v) is 3.08. The maximum Gasteiger partial charge on any atom is 0.217 e. The Bertz CT molecular complexity index is 292. The van der Waals surface area contributed by atoms with Crippen LogP contribution in [0, 0.1) is 0 Å². The van der Waals surface area contributed by atoms with Gasteiger partial charge in [0, 0.05) is 12.8 Å². The zero-order valence-electron chi connectivity index (χ0n) is 10.7. The molecule has 1 fully saturated rings. The summed E-state index contributed by atoms with van der Waals surface area (Å²) in [4.78, 5) is 11.1. The van der Waals surface area contributed by atoms with E-state index in [0.29, 0.717) is 12.3 Å². The third kappa shape index (κ3) is 4.55. The highest BCUT2D eigenvalue weighted by molar-refractivity contribution is 6.17. The van der Waals surface area contributed by atoms with E-state index in [2.05, 4.69) is 5.32 Å². The molecule has 4 N–H and O–H groups in total. The zero-order valence-corrected chi connectivity index (χ0v) is 11.4. The number of rotatable bonds is 6. The number of aliphatic hydroxyl groups is 3. The Hall–Kier alpha value is -0.440. The summed E-state index contributed by atoms with van der Waals surface area (Å²) < 4.78 is 10.7. The molecular weight excluding hydrogens is 278 g/mol. The molecule has 0 radical (unpaired) electrons. The number of hydrogen-bond donors (Lipinski definition) is 4. The van der Waals surface area contributed by atoms with Gasteiger partial charge in [0.1, 0.15) is 24.4 Å². The first-order chi connectivity index (χ1) is 9.01. The summed E-state index contributed by atoms with van der Waals surface area (Å²) in [6.45, 7) is 1.11. The Morgan fingerprint density at radius 2 is 2.11 bits per heavy atom. The molecule has 0 unspecified atom stereocenters. The number of nitrogens with one attached hydrogen (secondary N) is 1. The molecule has 0 aliphatic carbocycles. The summed E-state index contributed by atoms with van der Waals surface area (Å²) in [5.74, 6) is 0.0276. The van der Waals surface area contributed by atoms with Crippen LogP contribution in [-0.2, 0) is 14.3 Å². The molecule has 5 atom stereocenters. The van der Waals surface area contributed by atoms with Gasteiger partial charge in [0.05, 0.1) is 13.2 Å². The van der Waals surface area contributed by atoms with Crippen LogP contribution in [0.15, 0.2) is 0 Å². The lowest BCUT2D eigenvalue weighted by Crippen LogP contribution is -2.64. The maximum atomic E-state index is 11.1. The van der Waals surface area contributed by atoms with Crippen molar-refractivity contribution in [3.63, 3.8) is 0 Å². The quantitative estimate of drug-likeness (QED) is 0.354. The second-order valence-corrected chi connectivity index (χ2v) is 4.72. The highest BCUT2D eigenvalue weighted by Crippen LogP contribution is 2.22. The van der Waals surface area contributed by atoms with E-state index >= 15 is 0 Å². The fraction of sp³-hybridized carbons (Fsp3) is 0.909. The smallest absolute Gasteiger partial charge is 0.217 e. The molecule has 1 saturated heterocycles. The van der Waals surface area contributed by atoms with Crippen molar-refractivity contribution in [2.45, 2.75) is 44.0 Å². The van der Waals surface area contributed by atoms with Gasteiger partial charge in [0.2, 0.25) is 5.91 Å². The van der Waals surface area contributed by atoms with Crippen molar-refractivity contribution in [3.05, 3.63) is 0 Å². The standard InChI is InChI=1S/C11H20ClNO6/c1-6(15)13-8-10(17)9(16)7(5-14)19-11(8)18-4-2-3-12/h7-11,14,16-17H,2-5H2,1H3,(H,13,15)/t7-,8-,9-,10-,11-/m1/s1. The van der Waals surface area contributed by atoms with E-state index in [1.54, 1.807) is 0 Å². The molecule has 1 aliphatic rings. The molecule has 1 heterocycles. The number of carbonyl (C=O) groups excluding carboxylic acids is 1. The van der Waals surface area contributed by atoms with Gasteiger partial charge in [-0.15, -0.1) is 11.6 Å². The molecule has 0 spiro atoms. The van der Waals surface area contributed by atoms with Crippen molar-refractivity contribution < 1.29 is 29.6 Å². The van der Waals surface area contributed by atoms with Crippen LogP contribution in [0.3, 0.4) is 0 Å². The summed E-state index contributed by atoms with van der Waals surface area (Å²) in [7, 11) is 0. The SMILES string of the molecule is CC(=O)N[C@H]1[C@H](OCCCCl)O[C@H](CO)[C@@H](O)[C@@H]1O. The van der Waals surface area contributed by atoms with E-state index in [1.807, 2.05) is 0 Å². The van der Waals surface area contributed by atoms with Gasteiger partial charge in [-0.25, -0.2) is 0 Å². The minimum Gasteiger partial charge on any atom is -0.394 e. The van der Waals surface area contributed by atoms with Crippen molar-refractivity contribution in [1.82, 2.24) is 5.32 Å². The molecule has 1 aliphatic heterocycles. The fourth-order valence-electron chi connectivity index (χ4n) is 1.87. The van der Waals surface area contributed by atoms with E-state index in [-0.39, 0.29) is 12.5 Å². The fourth-order valence-corrected chi connectivity index (χ4v) is 1.98. The average molecular weight is 298 g/mol. The highest BCUT2D eigenvalue weighted by atomic mass is 35.5. The normalized spacial score (nSPS) is 35.1. The largest absolute Gasteiger partial charge is 0.394 e. The molecule has 7 nitrogen and oxygen atoms in total. The van der Waals surface area contributed by atoms with Crippen LogP contribution in [-0.4, -0.2) is 71.0 Å². The molecule has 1 rings (SSSR count). The second kappa shape index (κ2) is 7.98. The third-order valence-electron chi connectivity index (χ3n) is 2.81. The summed E-state index contributed by atoms with van der Waals surface area (Å²) in [6.07, 6.45) is -3.90. The summed E-state index contributed by atoms with van der Waals surface area (Å²) >= 11 is 5.53. The van der Waals surface area contributed by atoms with E-state index < -0.39 is 37.3 Å². The van der Waals surface area contributed by atoms with Crippen molar-refractivity contribution in [2.24, 2.45) is 0 Å². The summed E-state index contributed by atoms with van der Waals surface area (Å²) in [5.41, 5.74) is 0. The van der Waals surface area contributed by atoms with Crippen LogP contribution in [0.5, 0.6) is 0 Å². The molecular formula is C11H20ClNO6.